The van der Waals surface area contributed by atoms with Crippen molar-refractivity contribution in [3.05, 3.63) is 41.0 Å². The summed E-state index contributed by atoms with van der Waals surface area (Å²) in [6.07, 6.45) is 5.20. The van der Waals surface area contributed by atoms with E-state index < -0.39 is 0 Å². The van der Waals surface area contributed by atoms with Gasteiger partial charge in [-0.2, -0.15) is 0 Å². The zero-order chi connectivity index (χ0) is 17.2. The van der Waals surface area contributed by atoms with Crippen LogP contribution in [0.3, 0.4) is 0 Å². The van der Waals surface area contributed by atoms with Crippen LogP contribution in [0.15, 0.2) is 34.8 Å². The van der Waals surface area contributed by atoms with Crippen LogP contribution in [-0.4, -0.2) is 46.4 Å². The summed E-state index contributed by atoms with van der Waals surface area (Å²) in [7, 11) is 3.52. The number of rotatable bonds is 7. The highest BCUT2D eigenvalue weighted by Gasteiger charge is 2.05. The van der Waals surface area contributed by atoms with Gasteiger partial charge in [0.1, 0.15) is 5.75 Å². The minimum absolute atomic E-state index is 0.752. The molecule has 1 heterocycles. The van der Waals surface area contributed by atoms with Gasteiger partial charge >= 0.3 is 0 Å². The molecule has 0 atom stereocenters. The van der Waals surface area contributed by atoms with E-state index in [0.29, 0.717) is 0 Å². The number of methoxy groups -OCH3 is 1. The second-order valence-corrected chi connectivity index (χ2v) is 5.92. The quantitative estimate of drug-likeness (QED) is 0.458. The SMILES string of the molecule is CN=C(NCCC1=CCOCC1)NCCc1ccc(C)c(OC)c1. The fourth-order valence-electron chi connectivity index (χ4n) is 2.70. The minimum Gasteiger partial charge on any atom is -0.496 e. The first-order chi connectivity index (χ1) is 11.7. The number of hydrogen-bond donors (Lipinski definition) is 2. The molecule has 2 rings (SSSR count). The van der Waals surface area contributed by atoms with Crippen molar-refractivity contribution in [2.45, 2.75) is 26.2 Å². The summed E-state index contributed by atoms with van der Waals surface area (Å²) in [5, 5.41) is 6.73. The fourth-order valence-corrected chi connectivity index (χ4v) is 2.70. The number of guanidine groups is 1. The molecule has 24 heavy (non-hydrogen) atoms. The second-order valence-electron chi connectivity index (χ2n) is 5.92. The van der Waals surface area contributed by atoms with Gasteiger partial charge in [0.15, 0.2) is 5.96 Å². The summed E-state index contributed by atoms with van der Waals surface area (Å²) in [6.45, 7) is 5.38. The Hall–Kier alpha value is -2.01. The summed E-state index contributed by atoms with van der Waals surface area (Å²) in [6, 6.07) is 6.35. The molecule has 0 radical (unpaired) electrons. The number of nitrogens with one attached hydrogen (secondary N) is 2. The highest BCUT2D eigenvalue weighted by Crippen LogP contribution is 2.19. The Labute approximate surface area is 145 Å². The van der Waals surface area contributed by atoms with Crippen molar-refractivity contribution in [2.24, 2.45) is 4.99 Å². The minimum atomic E-state index is 0.752. The van der Waals surface area contributed by atoms with E-state index in [2.05, 4.69) is 46.8 Å². The summed E-state index contributed by atoms with van der Waals surface area (Å²) in [5.41, 5.74) is 3.89. The average Bonchev–Trinajstić information content (AvgIpc) is 2.62. The summed E-state index contributed by atoms with van der Waals surface area (Å²) in [5.74, 6) is 1.79. The fraction of sp³-hybridized carbons (Fsp3) is 0.526. The van der Waals surface area contributed by atoms with Crippen molar-refractivity contribution in [3.63, 3.8) is 0 Å². The molecule has 1 aromatic rings. The molecule has 1 aromatic carbocycles. The molecule has 1 aliphatic heterocycles. The number of ether oxygens (including phenoxy) is 2. The van der Waals surface area contributed by atoms with Crippen LogP contribution >= 0.6 is 0 Å². The van der Waals surface area contributed by atoms with Gasteiger partial charge in [-0.15, -0.1) is 0 Å². The molecule has 5 heteroatoms. The molecule has 0 amide bonds. The first-order valence-corrected chi connectivity index (χ1v) is 8.56. The highest BCUT2D eigenvalue weighted by atomic mass is 16.5. The van der Waals surface area contributed by atoms with Gasteiger partial charge in [0, 0.05) is 20.1 Å². The van der Waals surface area contributed by atoms with Crippen LogP contribution < -0.4 is 15.4 Å². The molecule has 0 spiro atoms. The van der Waals surface area contributed by atoms with Crippen LogP contribution in [0.2, 0.25) is 0 Å². The van der Waals surface area contributed by atoms with Gasteiger partial charge in [-0.25, -0.2) is 0 Å². The Kier molecular flexibility index (Phi) is 7.62. The Bertz CT molecular complexity index is 582. The van der Waals surface area contributed by atoms with Crippen LogP contribution in [0.1, 0.15) is 24.0 Å². The van der Waals surface area contributed by atoms with E-state index in [9.17, 15) is 0 Å². The van der Waals surface area contributed by atoms with Crippen LogP contribution in [-0.2, 0) is 11.2 Å². The van der Waals surface area contributed by atoms with Crippen LogP contribution in [0, 0.1) is 6.92 Å². The standard InChI is InChI=1S/C19H29N3O2/c1-15-4-5-17(14-18(15)23-3)7-11-22-19(20-2)21-10-6-16-8-12-24-13-9-16/h4-5,8,14H,6-7,9-13H2,1-3H3,(H2,20,21,22). The lowest BCUT2D eigenvalue weighted by molar-refractivity contribution is 0.153. The number of aliphatic imine (C=N–C) groups is 1. The van der Waals surface area contributed by atoms with Crippen LogP contribution in [0.25, 0.3) is 0 Å². The molecule has 5 nitrogen and oxygen atoms in total. The van der Waals surface area contributed by atoms with Gasteiger partial charge in [-0.05, 0) is 43.4 Å². The topological polar surface area (TPSA) is 54.9 Å². The van der Waals surface area contributed by atoms with Crippen LogP contribution in [0.5, 0.6) is 5.75 Å². The molecule has 0 fully saturated rings. The first kappa shape index (κ1) is 18.3. The zero-order valence-electron chi connectivity index (χ0n) is 15.0. The number of nitrogens with zero attached hydrogens (tertiary/aromatic N) is 1. The van der Waals surface area contributed by atoms with E-state index in [0.717, 1.165) is 62.8 Å². The number of aryl methyl sites for hydroxylation is 1. The molecule has 0 aromatic heterocycles. The van der Waals surface area contributed by atoms with Crippen molar-refractivity contribution in [3.8, 4) is 5.75 Å². The van der Waals surface area contributed by atoms with E-state index in [1.807, 2.05) is 0 Å². The van der Waals surface area contributed by atoms with Crippen LogP contribution in [0.4, 0.5) is 0 Å². The summed E-state index contributed by atoms with van der Waals surface area (Å²) >= 11 is 0. The van der Waals surface area contributed by atoms with E-state index in [4.69, 9.17) is 9.47 Å². The Morgan fingerprint density at radius 2 is 2.04 bits per heavy atom. The Balaban J connectivity index is 1.70. The third-order valence-corrected chi connectivity index (χ3v) is 4.20. The van der Waals surface area contributed by atoms with Gasteiger partial charge < -0.3 is 20.1 Å². The molecule has 2 N–H and O–H groups in total. The van der Waals surface area contributed by atoms with Gasteiger partial charge in [0.2, 0.25) is 0 Å². The van der Waals surface area contributed by atoms with E-state index in [1.165, 1.54) is 11.1 Å². The predicted octanol–water partition coefficient (Wildman–Crippen LogP) is 2.45. The molecule has 1 aliphatic rings. The normalized spacial score (nSPS) is 15.0. The maximum atomic E-state index is 5.37. The molecular weight excluding hydrogens is 302 g/mol. The summed E-state index contributed by atoms with van der Waals surface area (Å²) in [4.78, 5) is 4.28. The highest BCUT2D eigenvalue weighted by molar-refractivity contribution is 5.79. The number of hydrogen-bond acceptors (Lipinski definition) is 3. The smallest absolute Gasteiger partial charge is 0.190 e. The van der Waals surface area contributed by atoms with E-state index in [-0.39, 0.29) is 0 Å². The first-order valence-electron chi connectivity index (χ1n) is 8.56. The number of benzene rings is 1. The molecule has 0 saturated heterocycles. The maximum absolute atomic E-state index is 5.37. The second kappa shape index (κ2) is 9.98. The third-order valence-electron chi connectivity index (χ3n) is 4.20. The molecule has 132 valence electrons. The zero-order valence-corrected chi connectivity index (χ0v) is 15.0. The van der Waals surface area contributed by atoms with Crippen molar-refractivity contribution < 1.29 is 9.47 Å². The molecule has 0 aliphatic carbocycles. The van der Waals surface area contributed by atoms with Crippen molar-refractivity contribution >= 4 is 5.96 Å². The Morgan fingerprint density at radius 1 is 1.25 bits per heavy atom. The van der Waals surface area contributed by atoms with E-state index >= 15 is 0 Å². The van der Waals surface area contributed by atoms with E-state index in [1.54, 1.807) is 14.2 Å². The van der Waals surface area contributed by atoms with Gasteiger partial charge in [-0.3, -0.25) is 4.99 Å². The molecule has 0 bridgehead atoms. The van der Waals surface area contributed by atoms with Crippen molar-refractivity contribution in [1.82, 2.24) is 10.6 Å². The monoisotopic (exact) mass is 331 g/mol. The summed E-state index contributed by atoms with van der Waals surface area (Å²) < 4.78 is 10.7. The van der Waals surface area contributed by atoms with Gasteiger partial charge in [0.05, 0.1) is 20.3 Å². The predicted molar refractivity (Wildman–Crippen MR) is 98.9 cm³/mol. The van der Waals surface area contributed by atoms with Crippen molar-refractivity contribution in [2.75, 3.05) is 40.5 Å². The largest absolute Gasteiger partial charge is 0.496 e. The lowest BCUT2D eigenvalue weighted by atomic mass is 10.1. The van der Waals surface area contributed by atoms with Gasteiger partial charge in [-0.1, -0.05) is 23.8 Å². The Morgan fingerprint density at radius 3 is 2.71 bits per heavy atom. The molecule has 0 saturated carbocycles. The molecule has 0 unspecified atom stereocenters. The third kappa shape index (κ3) is 5.89. The van der Waals surface area contributed by atoms with Crippen molar-refractivity contribution in [1.29, 1.82) is 0 Å². The lowest BCUT2D eigenvalue weighted by Crippen LogP contribution is -2.38. The maximum Gasteiger partial charge on any atom is 0.190 e. The molecular formula is C19H29N3O2. The van der Waals surface area contributed by atoms with Gasteiger partial charge in [0.25, 0.3) is 0 Å². The average molecular weight is 331 g/mol. The lowest BCUT2D eigenvalue weighted by Gasteiger charge is -2.15.